The Labute approximate surface area is 241 Å². The maximum absolute atomic E-state index is 14.1. The molecule has 0 bridgehead atoms. The first-order chi connectivity index (χ1) is 19.3. The number of phenols is 1. The van der Waals surface area contributed by atoms with E-state index in [1.54, 1.807) is 19.0 Å². The average Bonchev–Trinajstić information content (AvgIpc) is 2.91. The Morgan fingerprint density at radius 1 is 1.15 bits per heavy atom. The van der Waals surface area contributed by atoms with Crippen molar-refractivity contribution in [2.45, 2.75) is 75.6 Å². The Balaban J connectivity index is 1.84. The summed E-state index contributed by atoms with van der Waals surface area (Å²) < 4.78 is 0. The molecule has 7 N–H and O–H groups in total. The van der Waals surface area contributed by atoms with Crippen molar-refractivity contribution in [3.05, 3.63) is 28.3 Å². The van der Waals surface area contributed by atoms with Crippen LogP contribution < -0.4 is 16.0 Å². The van der Waals surface area contributed by atoms with Gasteiger partial charge in [0.1, 0.15) is 11.5 Å². The number of ketones is 2. The Kier molecular flexibility index (Phi) is 9.13. The second kappa shape index (κ2) is 12.1. The van der Waals surface area contributed by atoms with E-state index in [1.165, 1.54) is 6.42 Å². The van der Waals surface area contributed by atoms with Gasteiger partial charge < -0.3 is 41.3 Å². The molecule has 2 fully saturated rings. The summed E-state index contributed by atoms with van der Waals surface area (Å²) in [5.41, 5.74) is 4.54. The summed E-state index contributed by atoms with van der Waals surface area (Å²) in [6, 6.07) is 1.44. The fourth-order valence-electron chi connectivity index (χ4n) is 7.04. The molecule has 0 saturated heterocycles. The number of primary amides is 1. The van der Waals surface area contributed by atoms with Crippen molar-refractivity contribution in [2.24, 2.45) is 17.6 Å². The van der Waals surface area contributed by atoms with Gasteiger partial charge >= 0.3 is 0 Å². The van der Waals surface area contributed by atoms with Crippen molar-refractivity contribution >= 4 is 28.9 Å². The summed E-state index contributed by atoms with van der Waals surface area (Å²) in [5.74, 6) is -5.40. The number of likely N-dealkylation sites (N-methyl/N-ethyl adjacent to an activating group) is 1. The fraction of sp³-hybridized carbons (Fsp3) is 0.633. The molecule has 1 aromatic carbocycles. The molecule has 1 amide bonds. The number of carbonyl (C=O) groups is 3. The minimum Gasteiger partial charge on any atom is -0.507 e. The average molecular weight is 573 g/mol. The second-order valence-corrected chi connectivity index (χ2v) is 12.2. The number of aromatic hydroxyl groups is 1. The number of phenolic OH excluding ortho intramolecular Hbond substituents is 1. The SMILES string of the molecule is CN(C)c1cc(CNC2CCCCC2)c(O)c2c1C[C@H]1C[C@@H](C(CO)N(C)C)[C@@](O)(C(=O)CC(N)=O)C(=O)C1=C2O. The lowest BCUT2D eigenvalue weighted by Crippen LogP contribution is -2.64. The largest absolute Gasteiger partial charge is 0.507 e. The predicted octanol–water partition coefficient (Wildman–Crippen LogP) is 1.01. The van der Waals surface area contributed by atoms with Gasteiger partial charge in [-0.05, 0) is 57.3 Å². The molecule has 1 aromatic rings. The van der Waals surface area contributed by atoms with E-state index >= 15 is 0 Å². The maximum Gasteiger partial charge on any atom is 0.225 e. The van der Waals surface area contributed by atoms with Gasteiger partial charge in [0.15, 0.2) is 11.4 Å². The Hall–Kier alpha value is -2.99. The lowest BCUT2D eigenvalue weighted by Gasteiger charge is -2.47. The Morgan fingerprint density at radius 3 is 2.37 bits per heavy atom. The van der Waals surface area contributed by atoms with Crippen LogP contribution in [-0.4, -0.2) is 95.3 Å². The van der Waals surface area contributed by atoms with Crippen molar-refractivity contribution in [1.29, 1.82) is 0 Å². The van der Waals surface area contributed by atoms with Gasteiger partial charge in [-0.2, -0.15) is 0 Å². The van der Waals surface area contributed by atoms with Gasteiger partial charge in [0.05, 0.1) is 18.6 Å². The van der Waals surface area contributed by atoms with E-state index in [0.717, 1.165) is 31.4 Å². The van der Waals surface area contributed by atoms with Crippen molar-refractivity contribution < 1.29 is 34.8 Å². The zero-order valence-corrected chi connectivity index (χ0v) is 24.4. The third kappa shape index (κ3) is 5.60. The van der Waals surface area contributed by atoms with Gasteiger partial charge in [-0.25, -0.2) is 0 Å². The molecule has 41 heavy (non-hydrogen) atoms. The van der Waals surface area contributed by atoms with E-state index in [0.29, 0.717) is 23.7 Å². The van der Waals surface area contributed by atoms with Gasteiger partial charge in [-0.3, -0.25) is 14.4 Å². The van der Waals surface area contributed by atoms with E-state index in [4.69, 9.17) is 5.73 Å². The summed E-state index contributed by atoms with van der Waals surface area (Å²) in [6.45, 7) is -0.0821. The van der Waals surface area contributed by atoms with E-state index in [9.17, 15) is 34.8 Å². The third-order valence-electron chi connectivity index (χ3n) is 9.22. The number of Topliss-reactive ketones (excluding diaryl/α,β-unsaturated/α-hetero) is 2. The van der Waals surface area contributed by atoms with Gasteiger partial charge in [-0.1, -0.05) is 19.3 Å². The van der Waals surface area contributed by atoms with Gasteiger partial charge in [0, 0.05) is 55.5 Å². The Morgan fingerprint density at radius 2 is 1.80 bits per heavy atom. The van der Waals surface area contributed by atoms with Crippen LogP contribution in [0.4, 0.5) is 5.69 Å². The van der Waals surface area contributed by atoms with Gasteiger partial charge in [0.25, 0.3) is 0 Å². The molecule has 3 aliphatic carbocycles. The number of nitrogens with zero attached hydrogens (tertiary/aromatic N) is 2. The molecule has 11 heteroatoms. The lowest BCUT2D eigenvalue weighted by molar-refractivity contribution is -0.163. The van der Waals surface area contributed by atoms with E-state index < -0.39 is 59.7 Å². The molecule has 0 aliphatic heterocycles. The quantitative estimate of drug-likeness (QED) is 0.222. The number of fused-ring (bicyclic) bond motifs is 2. The normalized spacial score (nSPS) is 25.6. The van der Waals surface area contributed by atoms with Crippen molar-refractivity contribution in [3.63, 3.8) is 0 Å². The fourth-order valence-corrected chi connectivity index (χ4v) is 7.04. The highest BCUT2D eigenvalue weighted by molar-refractivity contribution is 6.23. The Bertz CT molecular complexity index is 1240. The molecule has 2 saturated carbocycles. The molecule has 0 spiro atoms. The first-order valence-electron chi connectivity index (χ1n) is 14.4. The summed E-state index contributed by atoms with van der Waals surface area (Å²) in [5, 5.41) is 48.6. The maximum atomic E-state index is 14.1. The summed E-state index contributed by atoms with van der Waals surface area (Å²) >= 11 is 0. The zero-order valence-electron chi connectivity index (χ0n) is 24.4. The molecular weight excluding hydrogens is 528 g/mol. The smallest absolute Gasteiger partial charge is 0.225 e. The third-order valence-corrected chi connectivity index (χ3v) is 9.22. The van der Waals surface area contributed by atoms with Crippen LogP contribution in [0.25, 0.3) is 5.76 Å². The lowest BCUT2D eigenvalue weighted by atomic mass is 9.59. The van der Waals surface area contributed by atoms with Gasteiger partial charge in [-0.15, -0.1) is 0 Å². The van der Waals surface area contributed by atoms with Crippen LogP contribution in [0.15, 0.2) is 11.6 Å². The number of anilines is 1. The summed E-state index contributed by atoms with van der Waals surface area (Å²) in [4.78, 5) is 42.5. The van der Waals surface area contributed by atoms with Crippen LogP contribution in [0.1, 0.15) is 61.6 Å². The number of hydrogen-bond donors (Lipinski definition) is 6. The van der Waals surface area contributed by atoms with E-state index in [-0.39, 0.29) is 29.7 Å². The van der Waals surface area contributed by atoms with Crippen LogP contribution >= 0.6 is 0 Å². The molecule has 11 nitrogen and oxygen atoms in total. The summed E-state index contributed by atoms with van der Waals surface area (Å²) in [6.07, 6.45) is 5.09. The predicted molar refractivity (Wildman–Crippen MR) is 154 cm³/mol. The number of amides is 1. The highest BCUT2D eigenvalue weighted by Gasteiger charge is 2.60. The van der Waals surface area contributed by atoms with Crippen molar-refractivity contribution in [3.8, 4) is 5.75 Å². The molecule has 4 rings (SSSR count). The zero-order chi connectivity index (χ0) is 30.2. The molecule has 4 atom stereocenters. The number of nitrogens with two attached hydrogens (primary N) is 1. The molecule has 226 valence electrons. The standard InChI is InChI=1S/C30H44N4O7/c1-33(2)21-12-17(14-32-18-8-6-5-7-9-18)27(38)26-19(21)10-16-11-20(22(15-35)34(3)4)30(41,23(36)13-24(31)37)29(40)25(16)28(26)39/h12,16,18,20,22,32,35,38-39,41H,5-11,13-15H2,1-4H3,(H2,31,37)/t16-,20-,22?,30+/m0/s1. The van der Waals surface area contributed by atoms with Crippen molar-refractivity contribution in [2.75, 3.05) is 39.7 Å². The van der Waals surface area contributed by atoms with Crippen molar-refractivity contribution in [1.82, 2.24) is 10.2 Å². The number of nitrogens with one attached hydrogen (secondary N) is 1. The summed E-state index contributed by atoms with van der Waals surface area (Å²) in [7, 11) is 7.05. The first kappa shape index (κ1) is 31.0. The molecular formula is C30H44N4O7. The highest BCUT2D eigenvalue weighted by Crippen LogP contribution is 2.51. The minimum atomic E-state index is -2.69. The van der Waals surface area contributed by atoms with Crippen LogP contribution in [0.5, 0.6) is 5.75 Å². The molecule has 3 aliphatic rings. The topological polar surface area (TPSA) is 177 Å². The molecule has 0 aromatic heterocycles. The molecule has 1 unspecified atom stereocenters. The van der Waals surface area contributed by atoms with Crippen LogP contribution in [0.3, 0.4) is 0 Å². The molecule has 0 heterocycles. The number of rotatable bonds is 10. The van der Waals surface area contributed by atoms with Gasteiger partial charge in [0.2, 0.25) is 11.7 Å². The highest BCUT2D eigenvalue weighted by atomic mass is 16.3. The van der Waals surface area contributed by atoms with Crippen LogP contribution in [0.2, 0.25) is 0 Å². The second-order valence-electron chi connectivity index (χ2n) is 12.2. The number of hydrogen-bond acceptors (Lipinski definition) is 10. The monoisotopic (exact) mass is 572 g/mol. The number of carbonyl (C=O) groups excluding carboxylic acids is 3. The van der Waals surface area contributed by atoms with E-state index in [2.05, 4.69) is 5.32 Å². The molecule has 0 radical (unpaired) electrons. The number of aliphatic hydroxyl groups is 3. The van der Waals surface area contributed by atoms with E-state index in [1.807, 2.05) is 25.1 Å². The first-order valence-corrected chi connectivity index (χ1v) is 14.4. The van der Waals surface area contributed by atoms with Crippen LogP contribution in [-0.2, 0) is 27.3 Å². The number of aliphatic hydroxyl groups excluding tert-OH is 2. The van der Waals surface area contributed by atoms with Crippen LogP contribution in [0, 0.1) is 11.8 Å². The number of benzene rings is 1. The minimum absolute atomic E-state index is 0.0770.